The Labute approximate surface area is 66.2 Å². The molecule has 0 aliphatic rings. The minimum absolute atomic E-state index is 0.759. The number of terminal acetylenes is 1. The van der Waals surface area contributed by atoms with Gasteiger partial charge in [0.15, 0.2) is 0 Å². The molecule has 1 aromatic rings. The highest BCUT2D eigenvalue weighted by molar-refractivity contribution is 4.87. The first-order valence-corrected chi connectivity index (χ1v) is 3.56. The molecule has 0 spiro atoms. The molecule has 0 aliphatic heterocycles. The molecule has 0 aliphatic carbocycles. The van der Waals surface area contributed by atoms with E-state index < -0.39 is 0 Å². The molecule has 1 aromatic heterocycles. The van der Waals surface area contributed by atoms with Crippen LogP contribution in [-0.2, 0) is 6.54 Å². The maximum absolute atomic E-state index is 5.07. The summed E-state index contributed by atoms with van der Waals surface area (Å²) in [5.74, 6) is 3.50. The van der Waals surface area contributed by atoms with Crippen LogP contribution in [0.1, 0.15) is 12.2 Å². The standard InChI is InChI=1S/C8H11N3/c1-2-3-4-9-7-8-10-5-6-11-8/h1,5-6,9H,3-4,7H2,(H,10,11). The van der Waals surface area contributed by atoms with E-state index in [2.05, 4.69) is 21.2 Å². The van der Waals surface area contributed by atoms with Gasteiger partial charge in [0.05, 0.1) is 6.54 Å². The van der Waals surface area contributed by atoms with Gasteiger partial charge in [0.1, 0.15) is 5.82 Å². The van der Waals surface area contributed by atoms with Crippen LogP contribution in [0.25, 0.3) is 0 Å². The van der Waals surface area contributed by atoms with Crippen LogP contribution in [0.4, 0.5) is 0 Å². The van der Waals surface area contributed by atoms with E-state index in [1.807, 2.05) is 0 Å². The lowest BCUT2D eigenvalue weighted by atomic mass is 10.4. The second-order valence-electron chi connectivity index (χ2n) is 2.17. The molecule has 0 aromatic carbocycles. The molecule has 11 heavy (non-hydrogen) atoms. The predicted octanol–water partition coefficient (Wildman–Crippen LogP) is 0.523. The van der Waals surface area contributed by atoms with E-state index in [4.69, 9.17) is 6.42 Å². The van der Waals surface area contributed by atoms with Crippen LogP contribution in [0.2, 0.25) is 0 Å². The fourth-order valence-corrected chi connectivity index (χ4v) is 0.762. The third kappa shape index (κ3) is 2.87. The van der Waals surface area contributed by atoms with Crippen molar-refractivity contribution in [3.05, 3.63) is 18.2 Å². The fraction of sp³-hybridized carbons (Fsp3) is 0.375. The highest BCUT2D eigenvalue weighted by Gasteiger charge is 1.90. The summed E-state index contributed by atoms with van der Waals surface area (Å²) < 4.78 is 0. The van der Waals surface area contributed by atoms with Crippen LogP contribution in [0.5, 0.6) is 0 Å². The summed E-state index contributed by atoms with van der Waals surface area (Å²) in [6, 6.07) is 0. The van der Waals surface area contributed by atoms with Gasteiger partial charge < -0.3 is 10.3 Å². The van der Waals surface area contributed by atoms with E-state index in [0.29, 0.717) is 0 Å². The van der Waals surface area contributed by atoms with Crippen LogP contribution in [0.3, 0.4) is 0 Å². The third-order valence-corrected chi connectivity index (χ3v) is 1.29. The Balaban J connectivity index is 2.10. The minimum atomic E-state index is 0.759. The molecule has 58 valence electrons. The number of hydrogen-bond donors (Lipinski definition) is 2. The molecule has 3 nitrogen and oxygen atoms in total. The molecule has 0 saturated carbocycles. The van der Waals surface area contributed by atoms with Gasteiger partial charge in [-0.25, -0.2) is 4.98 Å². The van der Waals surface area contributed by atoms with Gasteiger partial charge in [-0.2, -0.15) is 0 Å². The first kappa shape index (κ1) is 7.83. The van der Waals surface area contributed by atoms with Crippen molar-refractivity contribution in [1.82, 2.24) is 15.3 Å². The lowest BCUT2D eigenvalue weighted by Crippen LogP contribution is -2.14. The van der Waals surface area contributed by atoms with E-state index in [1.165, 1.54) is 0 Å². The van der Waals surface area contributed by atoms with Crippen LogP contribution in [0.15, 0.2) is 12.4 Å². The van der Waals surface area contributed by atoms with E-state index in [1.54, 1.807) is 12.4 Å². The number of aromatic nitrogens is 2. The van der Waals surface area contributed by atoms with Crippen molar-refractivity contribution in [2.75, 3.05) is 6.54 Å². The van der Waals surface area contributed by atoms with Gasteiger partial charge in [-0.15, -0.1) is 12.3 Å². The summed E-state index contributed by atoms with van der Waals surface area (Å²) in [7, 11) is 0. The number of nitrogens with one attached hydrogen (secondary N) is 2. The number of rotatable bonds is 4. The van der Waals surface area contributed by atoms with Gasteiger partial charge in [0.2, 0.25) is 0 Å². The number of imidazole rings is 1. The van der Waals surface area contributed by atoms with Gasteiger partial charge >= 0.3 is 0 Å². The van der Waals surface area contributed by atoms with Gasteiger partial charge in [-0.05, 0) is 0 Å². The van der Waals surface area contributed by atoms with Crippen molar-refractivity contribution in [1.29, 1.82) is 0 Å². The van der Waals surface area contributed by atoms with E-state index in [0.717, 1.165) is 25.3 Å². The molecule has 0 saturated heterocycles. The lowest BCUT2D eigenvalue weighted by molar-refractivity contribution is 0.677. The van der Waals surface area contributed by atoms with Crippen molar-refractivity contribution in [3.63, 3.8) is 0 Å². The Kier molecular flexibility index (Phi) is 3.23. The molecule has 1 heterocycles. The zero-order chi connectivity index (χ0) is 7.94. The summed E-state index contributed by atoms with van der Waals surface area (Å²) in [5.41, 5.74) is 0. The Morgan fingerprint density at radius 3 is 3.27 bits per heavy atom. The molecule has 0 amide bonds. The third-order valence-electron chi connectivity index (χ3n) is 1.29. The first-order valence-electron chi connectivity index (χ1n) is 3.56. The van der Waals surface area contributed by atoms with Gasteiger partial charge in [-0.3, -0.25) is 0 Å². The molecule has 0 unspecified atom stereocenters. The SMILES string of the molecule is C#CCCNCc1ncc[nH]1. The maximum Gasteiger partial charge on any atom is 0.120 e. The summed E-state index contributed by atoms with van der Waals surface area (Å²) in [4.78, 5) is 7.03. The summed E-state index contributed by atoms with van der Waals surface area (Å²) in [6.45, 7) is 1.60. The number of nitrogens with zero attached hydrogens (tertiary/aromatic N) is 1. The number of H-pyrrole nitrogens is 1. The van der Waals surface area contributed by atoms with Crippen molar-refractivity contribution in [2.45, 2.75) is 13.0 Å². The smallest absolute Gasteiger partial charge is 0.120 e. The fourth-order valence-electron chi connectivity index (χ4n) is 0.762. The van der Waals surface area contributed by atoms with Crippen LogP contribution >= 0.6 is 0 Å². The molecule has 0 bridgehead atoms. The van der Waals surface area contributed by atoms with E-state index >= 15 is 0 Å². The largest absolute Gasteiger partial charge is 0.348 e. The Morgan fingerprint density at radius 1 is 1.73 bits per heavy atom. The van der Waals surface area contributed by atoms with Crippen LogP contribution < -0.4 is 5.32 Å². The molecule has 0 fully saturated rings. The topological polar surface area (TPSA) is 40.7 Å². The van der Waals surface area contributed by atoms with Crippen LogP contribution in [0, 0.1) is 12.3 Å². The molecule has 3 heteroatoms. The Hall–Kier alpha value is -1.27. The van der Waals surface area contributed by atoms with Crippen molar-refractivity contribution >= 4 is 0 Å². The monoisotopic (exact) mass is 149 g/mol. The minimum Gasteiger partial charge on any atom is -0.348 e. The normalized spacial score (nSPS) is 9.36. The zero-order valence-corrected chi connectivity index (χ0v) is 6.30. The molecule has 2 N–H and O–H groups in total. The van der Waals surface area contributed by atoms with Crippen molar-refractivity contribution in [3.8, 4) is 12.3 Å². The Bertz CT molecular complexity index is 220. The average Bonchev–Trinajstić information content (AvgIpc) is 2.50. The number of aromatic amines is 1. The predicted molar refractivity (Wildman–Crippen MR) is 43.7 cm³/mol. The Morgan fingerprint density at radius 2 is 2.64 bits per heavy atom. The summed E-state index contributed by atoms with van der Waals surface area (Å²) >= 11 is 0. The second-order valence-corrected chi connectivity index (χ2v) is 2.17. The van der Waals surface area contributed by atoms with Gasteiger partial charge in [-0.1, -0.05) is 0 Å². The quantitative estimate of drug-likeness (QED) is 0.484. The first-order chi connectivity index (χ1) is 5.43. The van der Waals surface area contributed by atoms with Crippen molar-refractivity contribution < 1.29 is 0 Å². The zero-order valence-electron chi connectivity index (χ0n) is 6.30. The van der Waals surface area contributed by atoms with Gasteiger partial charge in [0.25, 0.3) is 0 Å². The summed E-state index contributed by atoms with van der Waals surface area (Å²) in [5, 5.41) is 3.15. The summed E-state index contributed by atoms with van der Waals surface area (Å²) in [6.07, 6.45) is 9.38. The number of hydrogen-bond acceptors (Lipinski definition) is 2. The maximum atomic E-state index is 5.07. The van der Waals surface area contributed by atoms with E-state index in [9.17, 15) is 0 Å². The molecule has 1 rings (SSSR count). The van der Waals surface area contributed by atoms with Crippen LogP contribution in [-0.4, -0.2) is 16.5 Å². The average molecular weight is 149 g/mol. The molecule has 0 atom stereocenters. The molecular formula is C8H11N3. The van der Waals surface area contributed by atoms with Crippen molar-refractivity contribution in [2.24, 2.45) is 0 Å². The second kappa shape index (κ2) is 4.53. The van der Waals surface area contributed by atoms with Gasteiger partial charge in [0, 0.05) is 25.4 Å². The van der Waals surface area contributed by atoms with E-state index in [-0.39, 0.29) is 0 Å². The highest BCUT2D eigenvalue weighted by atomic mass is 15.0. The molecule has 0 radical (unpaired) electrons. The lowest BCUT2D eigenvalue weighted by Gasteiger charge is -1.97. The molecular weight excluding hydrogens is 138 g/mol. The highest BCUT2D eigenvalue weighted by Crippen LogP contribution is 1.85.